The molecule has 3 heterocycles. The Balaban J connectivity index is 1.87. The van der Waals surface area contributed by atoms with Crippen LogP contribution in [0, 0.1) is 17.5 Å². The quantitative estimate of drug-likeness (QED) is 0.115. The maximum Gasteiger partial charge on any atom is 0.417 e. The van der Waals surface area contributed by atoms with Crippen LogP contribution in [-0.2, 0) is 31.1 Å². The third kappa shape index (κ3) is 5.06. The molecule has 0 spiro atoms. The average Bonchev–Trinajstić information content (AvgIpc) is 3.50. The van der Waals surface area contributed by atoms with Crippen molar-refractivity contribution < 1.29 is 45.8 Å². The lowest BCUT2D eigenvalue weighted by Crippen LogP contribution is -2.22. The summed E-state index contributed by atoms with van der Waals surface area (Å²) in [7, 11) is 2.89. The zero-order valence-electron chi connectivity index (χ0n) is 23.0. The Morgan fingerprint density at radius 3 is 2.41 bits per heavy atom. The highest BCUT2D eigenvalue weighted by molar-refractivity contribution is 6.10. The van der Waals surface area contributed by atoms with Gasteiger partial charge in [-0.2, -0.15) is 13.2 Å². The predicted octanol–water partition coefficient (Wildman–Crippen LogP) is 6.72. The number of nitrogens with one attached hydrogen (secondary N) is 1. The fourth-order valence-corrected chi connectivity index (χ4v) is 5.22. The standard InChI is InChI=1S/C30H22F6N4O4/c1-4-14-10-22(28(41)15-8-19(31)25(33)20(32)9-15)40-7-5-6-16(27(14)40)24-17(12-37-29(42)43)26-21(11-18(24)30(34,35)36)39(2)23(38-26)13-44-3/h4-11,37H,1,12-13H2,2-3H3,(H,42,43). The normalized spacial score (nSPS) is 11.8. The van der Waals surface area contributed by atoms with Crippen LogP contribution in [0.5, 0.6) is 0 Å². The molecule has 5 aromatic rings. The van der Waals surface area contributed by atoms with Crippen molar-refractivity contribution in [2.75, 3.05) is 7.11 Å². The van der Waals surface area contributed by atoms with Gasteiger partial charge in [-0.15, -0.1) is 0 Å². The fraction of sp³-hybridized carbons (Fsp3) is 0.167. The first kappa shape index (κ1) is 30.4. The average molecular weight is 617 g/mol. The number of pyridine rings is 1. The second-order valence-electron chi connectivity index (χ2n) is 9.73. The molecule has 0 aliphatic carbocycles. The van der Waals surface area contributed by atoms with E-state index in [2.05, 4.69) is 16.9 Å². The van der Waals surface area contributed by atoms with Crippen LogP contribution in [-0.4, -0.2) is 38.0 Å². The van der Waals surface area contributed by atoms with Gasteiger partial charge in [-0.3, -0.25) is 4.79 Å². The van der Waals surface area contributed by atoms with Crippen molar-refractivity contribution >= 4 is 34.5 Å². The van der Waals surface area contributed by atoms with Gasteiger partial charge in [0, 0.05) is 54.7 Å². The Hall–Kier alpha value is -5.11. The van der Waals surface area contributed by atoms with E-state index in [-0.39, 0.29) is 51.4 Å². The molecule has 3 aromatic heterocycles. The van der Waals surface area contributed by atoms with Crippen LogP contribution >= 0.6 is 0 Å². The van der Waals surface area contributed by atoms with Gasteiger partial charge in [-0.05, 0) is 30.3 Å². The monoisotopic (exact) mass is 616 g/mol. The van der Waals surface area contributed by atoms with Gasteiger partial charge in [-0.1, -0.05) is 18.7 Å². The lowest BCUT2D eigenvalue weighted by atomic mass is 9.91. The van der Waals surface area contributed by atoms with Crippen LogP contribution < -0.4 is 5.32 Å². The number of aromatic nitrogens is 3. The predicted molar refractivity (Wildman–Crippen MR) is 148 cm³/mol. The summed E-state index contributed by atoms with van der Waals surface area (Å²) in [6.45, 7) is 3.09. The zero-order valence-corrected chi connectivity index (χ0v) is 23.0. The summed E-state index contributed by atoms with van der Waals surface area (Å²) in [6.07, 6.45) is -3.80. The molecule has 44 heavy (non-hydrogen) atoms. The molecule has 0 saturated carbocycles. The number of fused-ring (bicyclic) bond motifs is 2. The third-order valence-corrected chi connectivity index (χ3v) is 7.15. The van der Waals surface area contributed by atoms with Gasteiger partial charge in [0.15, 0.2) is 17.5 Å². The number of alkyl halides is 3. The summed E-state index contributed by atoms with van der Waals surface area (Å²) in [5.41, 5.74) is -2.04. The van der Waals surface area contributed by atoms with E-state index in [4.69, 9.17) is 4.74 Å². The fourth-order valence-electron chi connectivity index (χ4n) is 5.22. The van der Waals surface area contributed by atoms with Crippen LogP contribution in [0.4, 0.5) is 31.1 Å². The number of methoxy groups -OCH3 is 1. The van der Waals surface area contributed by atoms with Crippen LogP contribution in [0.1, 0.15) is 38.6 Å². The van der Waals surface area contributed by atoms with Crippen LogP contribution in [0.2, 0.25) is 0 Å². The van der Waals surface area contributed by atoms with Gasteiger partial charge in [-0.25, -0.2) is 22.9 Å². The Bertz CT molecular complexity index is 1970. The van der Waals surface area contributed by atoms with Crippen LogP contribution in [0.25, 0.3) is 33.8 Å². The van der Waals surface area contributed by atoms with E-state index in [1.54, 1.807) is 0 Å². The molecule has 0 aliphatic rings. The Kier molecular flexibility index (Phi) is 7.72. The van der Waals surface area contributed by atoms with Gasteiger partial charge in [0.2, 0.25) is 5.78 Å². The molecule has 2 N–H and O–H groups in total. The largest absolute Gasteiger partial charge is 0.465 e. The molecule has 0 atom stereocenters. The van der Waals surface area contributed by atoms with E-state index in [9.17, 15) is 41.0 Å². The number of aryl methyl sites for hydroxylation is 1. The minimum atomic E-state index is -4.94. The molecule has 0 bridgehead atoms. The first-order chi connectivity index (χ1) is 20.8. The van der Waals surface area contributed by atoms with E-state index >= 15 is 0 Å². The van der Waals surface area contributed by atoms with Gasteiger partial charge in [0.1, 0.15) is 12.4 Å². The number of ketones is 1. The topological polar surface area (TPSA) is 97.9 Å². The molecule has 14 heteroatoms. The molecular formula is C30H22F6N4O4. The highest BCUT2D eigenvalue weighted by atomic mass is 19.4. The van der Waals surface area contributed by atoms with Crippen molar-refractivity contribution in [2.45, 2.75) is 19.3 Å². The minimum absolute atomic E-state index is 0.0430. The van der Waals surface area contributed by atoms with E-state index in [1.165, 1.54) is 53.6 Å². The molecule has 228 valence electrons. The number of benzene rings is 2. The van der Waals surface area contributed by atoms with Gasteiger partial charge in [0.25, 0.3) is 0 Å². The number of carbonyl (C=O) groups is 2. The summed E-state index contributed by atoms with van der Waals surface area (Å²) in [5.74, 6) is -5.63. The van der Waals surface area contributed by atoms with Gasteiger partial charge in [0.05, 0.1) is 27.8 Å². The lowest BCUT2D eigenvalue weighted by molar-refractivity contribution is -0.137. The molecule has 5 rings (SSSR count). The number of imidazole rings is 1. The van der Waals surface area contributed by atoms with Gasteiger partial charge >= 0.3 is 12.3 Å². The summed E-state index contributed by atoms with van der Waals surface area (Å²) >= 11 is 0. The number of nitrogens with zero attached hydrogens (tertiary/aromatic N) is 3. The molecule has 8 nitrogen and oxygen atoms in total. The SMILES string of the molecule is C=Cc1cc(C(=O)c2cc(F)c(F)c(F)c2)n2cccc(-c3c(C(F)(F)F)cc4c(nc(COC)n4C)c3CNC(=O)O)c12. The number of hydrogen-bond donors (Lipinski definition) is 2. The Morgan fingerprint density at radius 2 is 1.82 bits per heavy atom. The number of carboxylic acid groups (broad SMARTS) is 1. The highest BCUT2D eigenvalue weighted by Gasteiger charge is 2.38. The van der Waals surface area contributed by atoms with Crippen LogP contribution in [0.3, 0.4) is 0 Å². The van der Waals surface area contributed by atoms with E-state index < -0.39 is 58.7 Å². The van der Waals surface area contributed by atoms with Crippen molar-refractivity contribution in [1.82, 2.24) is 19.3 Å². The van der Waals surface area contributed by atoms with Crippen molar-refractivity contribution in [1.29, 1.82) is 0 Å². The molecule has 0 unspecified atom stereocenters. The first-order valence-corrected chi connectivity index (χ1v) is 12.8. The maximum atomic E-state index is 14.8. The second-order valence-corrected chi connectivity index (χ2v) is 9.73. The maximum absolute atomic E-state index is 14.8. The van der Waals surface area contributed by atoms with Crippen molar-refractivity contribution in [3.05, 3.63) is 100 Å². The Morgan fingerprint density at radius 1 is 1.14 bits per heavy atom. The first-order valence-electron chi connectivity index (χ1n) is 12.8. The molecule has 0 aliphatic heterocycles. The lowest BCUT2D eigenvalue weighted by Gasteiger charge is -2.20. The molecule has 2 aromatic carbocycles. The minimum Gasteiger partial charge on any atom is -0.465 e. The van der Waals surface area contributed by atoms with E-state index in [1.807, 2.05) is 0 Å². The Labute approximate surface area is 244 Å². The summed E-state index contributed by atoms with van der Waals surface area (Å²) in [6, 6.07) is 5.91. The van der Waals surface area contributed by atoms with E-state index in [0.29, 0.717) is 12.1 Å². The second kappa shape index (κ2) is 11.2. The van der Waals surface area contributed by atoms with E-state index in [0.717, 1.165) is 6.07 Å². The third-order valence-electron chi connectivity index (χ3n) is 7.15. The van der Waals surface area contributed by atoms with Crippen LogP contribution in [0.15, 0.2) is 49.2 Å². The number of halogens is 6. The number of rotatable bonds is 8. The number of carbonyl (C=O) groups excluding carboxylic acids is 1. The highest BCUT2D eigenvalue weighted by Crippen LogP contribution is 2.44. The molecule has 0 saturated heterocycles. The smallest absolute Gasteiger partial charge is 0.417 e. The summed E-state index contributed by atoms with van der Waals surface area (Å²) < 4.78 is 93.7. The molecule has 1 amide bonds. The summed E-state index contributed by atoms with van der Waals surface area (Å²) in [5, 5.41) is 11.5. The molecule has 0 fully saturated rings. The summed E-state index contributed by atoms with van der Waals surface area (Å²) in [4.78, 5) is 29.4. The number of amides is 1. The number of hydrogen-bond acceptors (Lipinski definition) is 4. The van der Waals surface area contributed by atoms with Gasteiger partial charge < -0.3 is 24.1 Å². The molecule has 0 radical (unpaired) electrons. The molecular weight excluding hydrogens is 594 g/mol. The van der Waals surface area contributed by atoms with Crippen molar-refractivity contribution in [3.63, 3.8) is 0 Å². The number of ether oxygens (including phenoxy) is 1. The van der Waals surface area contributed by atoms with Crippen molar-refractivity contribution in [3.8, 4) is 11.1 Å². The zero-order chi connectivity index (χ0) is 32.1. The van der Waals surface area contributed by atoms with Crippen molar-refractivity contribution in [2.24, 2.45) is 7.05 Å².